The third kappa shape index (κ3) is 6.69. The van der Waals surface area contributed by atoms with Crippen LogP contribution in [0, 0.1) is 11.8 Å². The Morgan fingerprint density at radius 2 is 1.31 bits per heavy atom. The summed E-state index contributed by atoms with van der Waals surface area (Å²) >= 11 is 0.0661. The SMILES string of the molecule is CCCCC(CC)C[Si]1(CC(CC)CCCC)c2c[c]([Sn]([CH3])([CH3])[CH3])sc2-c2sc[c]([Sn]([CH3])([CH3])[CH3])c21. The van der Waals surface area contributed by atoms with E-state index < -0.39 is 44.8 Å². The molecule has 1 aliphatic rings. The van der Waals surface area contributed by atoms with Gasteiger partial charge in [0.2, 0.25) is 0 Å². The van der Waals surface area contributed by atoms with E-state index in [4.69, 9.17) is 0 Å². The third-order valence-electron chi connectivity index (χ3n) is 8.63. The third-order valence-corrected chi connectivity index (χ3v) is 33.2. The molecule has 3 heterocycles. The van der Waals surface area contributed by atoms with Crippen molar-refractivity contribution in [3.63, 3.8) is 0 Å². The second-order valence-corrected chi connectivity index (χ2v) is 49.3. The van der Waals surface area contributed by atoms with E-state index in [1.54, 1.807) is 9.75 Å². The van der Waals surface area contributed by atoms with E-state index in [-0.39, 0.29) is 0 Å². The van der Waals surface area contributed by atoms with E-state index in [1.807, 2.05) is 16.8 Å². The molecule has 2 unspecified atom stereocenters. The number of unbranched alkanes of at least 4 members (excludes halogenated alkanes) is 2. The molecule has 0 N–H and O–H groups in total. The van der Waals surface area contributed by atoms with Crippen LogP contribution in [0.3, 0.4) is 0 Å². The van der Waals surface area contributed by atoms with Crippen molar-refractivity contribution >= 4 is 84.3 Å². The minimum atomic E-state index is -2.24. The number of fused-ring (bicyclic) bond motifs is 3. The standard InChI is InChI=1S/C24H36S2Si.6CH3.2Sn/c1-5-9-11-19(7-3)17-27(18-20(8-4)12-10-6-2)21-13-15-25-23(21)24-22(27)14-16-26-24;;;;;;;;/h13,16,19-20H,5-12,17-18H2,1-4H3;6*1H3;;. The Hall–Kier alpha value is 1.21. The predicted octanol–water partition coefficient (Wildman–Crippen LogP) is 8.88. The van der Waals surface area contributed by atoms with Crippen LogP contribution in [0.4, 0.5) is 0 Å². The Balaban J connectivity index is 2.27. The fourth-order valence-corrected chi connectivity index (χ4v) is 33.5. The van der Waals surface area contributed by atoms with Crippen LogP contribution in [0.1, 0.15) is 79.1 Å². The fourth-order valence-electron chi connectivity index (χ4n) is 6.35. The topological polar surface area (TPSA) is 0 Å². The summed E-state index contributed by atoms with van der Waals surface area (Å²) in [5, 5.41) is 6.63. The molecular weight excluding hydrogens is 690 g/mol. The summed E-state index contributed by atoms with van der Waals surface area (Å²) in [6.45, 7) is 9.76. The van der Waals surface area contributed by atoms with Gasteiger partial charge in [0.15, 0.2) is 0 Å². The summed E-state index contributed by atoms with van der Waals surface area (Å²) in [6, 6.07) is 5.93. The zero-order valence-corrected chi connectivity index (χ0v) is 33.0. The summed E-state index contributed by atoms with van der Waals surface area (Å²) in [4.78, 5) is 19.5. The molecule has 0 aromatic carbocycles. The molecule has 0 aliphatic carbocycles. The Labute approximate surface area is 235 Å². The Kier molecular flexibility index (Phi) is 11.1. The molecule has 35 heavy (non-hydrogen) atoms. The molecule has 0 bridgehead atoms. The van der Waals surface area contributed by atoms with Gasteiger partial charge in [-0.1, -0.05) is 0 Å². The van der Waals surface area contributed by atoms with Gasteiger partial charge in [-0.2, -0.15) is 0 Å². The first kappa shape index (κ1) is 30.8. The zero-order chi connectivity index (χ0) is 26.0. The van der Waals surface area contributed by atoms with Crippen LogP contribution >= 0.6 is 22.7 Å². The van der Waals surface area contributed by atoms with E-state index in [1.165, 1.54) is 63.5 Å². The van der Waals surface area contributed by atoms with Gasteiger partial charge in [0, 0.05) is 0 Å². The average Bonchev–Trinajstić information content (AvgIpc) is 3.47. The monoisotopic (exact) mass is 746 g/mol. The number of hydrogen-bond acceptors (Lipinski definition) is 2. The average molecular weight is 744 g/mol. The minimum absolute atomic E-state index is 0.911. The van der Waals surface area contributed by atoms with Crippen LogP contribution in [0.2, 0.25) is 41.7 Å². The molecule has 0 fully saturated rings. The van der Waals surface area contributed by atoms with Crippen molar-refractivity contribution in [1.82, 2.24) is 0 Å². The second kappa shape index (κ2) is 12.6. The van der Waals surface area contributed by atoms with E-state index >= 15 is 0 Å². The molecule has 2 aromatic heterocycles. The Morgan fingerprint density at radius 3 is 1.74 bits per heavy atom. The van der Waals surface area contributed by atoms with Crippen molar-refractivity contribution in [3.8, 4) is 9.75 Å². The summed E-state index contributed by atoms with van der Waals surface area (Å²) in [7, 11) is -1.79. The quantitative estimate of drug-likeness (QED) is 0.170. The van der Waals surface area contributed by atoms with Gasteiger partial charge in [0.1, 0.15) is 0 Å². The Bertz CT molecular complexity index is 942. The van der Waals surface area contributed by atoms with Gasteiger partial charge in [-0.15, -0.1) is 0 Å². The maximum absolute atomic E-state index is 2.86. The van der Waals surface area contributed by atoms with Crippen molar-refractivity contribution in [2.45, 2.75) is 121 Å². The molecule has 0 saturated carbocycles. The number of rotatable bonds is 14. The van der Waals surface area contributed by atoms with Crippen LogP contribution in [0.25, 0.3) is 9.75 Å². The summed E-state index contributed by atoms with van der Waals surface area (Å²) < 4.78 is 3.76. The molecule has 0 amide bonds. The van der Waals surface area contributed by atoms with Gasteiger partial charge >= 0.3 is 238 Å². The summed E-state index contributed by atoms with van der Waals surface area (Å²) in [5.74, 6) is 1.82. The summed E-state index contributed by atoms with van der Waals surface area (Å²) in [5.41, 5.74) is 0. The molecule has 198 valence electrons. The van der Waals surface area contributed by atoms with Crippen LogP contribution in [0.15, 0.2) is 11.4 Å². The van der Waals surface area contributed by atoms with Gasteiger partial charge in [0.05, 0.1) is 0 Å². The van der Waals surface area contributed by atoms with E-state index in [0.717, 1.165) is 11.8 Å². The number of thiophene rings is 2. The van der Waals surface area contributed by atoms with Crippen molar-refractivity contribution in [2.24, 2.45) is 11.8 Å². The van der Waals surface area contributed by atoms with Crippen LogP contribution in [0.5, 0.6) is 0 Å². The Morgan fingerprint density at radius 1 is 0.771 bits per heavy atom. The number of hydrogen-bond donors (Lipinski definition) is 0. The maximum atomic E-state index is 2.86. The normalized spacial score (nSPS) is 19.6. The van der Waals surface area contributed by atoms with Crippen LogP contribution < -0.4 is 16.8 Å². The predicted molar refractivity (Wildman–Crippen MR) is 175 cm³/mol. The van der Waals surface area contributed by atoms with Crippen LogP contribution in [-0.2, 0) is 0 Å². The van der Waals surface area contributed by atoms with Gasteiger partial charge in [0.25, 0.3) is 0 Å². The fraction of sp³-hybridized carbons (Fsp3) is 0.733. The summed E-state index contributed by atoms with van der Waals surface area (Å²) in [6.07, 6.45) is 11.2. The molecular formula is C30H54S2SiSn2. The second-order valence-electron chi connectivity index (χ2n) is 13.5. The molecule has 0 spiro atoms. The molecule has 1 aliphatic heterocycles. The molecule has 2 aromatic rings. The van der Waals surface area contributed by atoms with Crippen molar-refractivity contribution in [1.29, 1.82) is 0 Å². The molecule has 2 atom stereocenters. The van der Waals surface area contributed by atoms with Crippen LogP contribution in [-0.4, -0.2) is 44.8 Å². The first-order chi connectivity index (χ1) is 16.4. The molecule has 5 heteroatoms. The van der Waals surface area contributed by atoms with Crippen molar-refractivity contribution in [3.05, 3.63) is 11.4 Å². The van der Waals surface area contributed by atoms with Crippen molar-refractivity contribution < 1.29 is 0 Å². The molecule has 0 nitrogen and oxygen atoms in total. The van der Waals surface area contributed by atoms with Gasteiger partial charge in [-0.3, -0.25) is 0 Å². The van der Waals surface area contributed by atoms with Crippen molar-refractivity contribution in [2.75, 3.05) is 0 Å². The first-order valence-electron chi connectivity index (χ1n) is 14.7. The molecule has 0 radical (unpaired) electrons. The van der Waals surface area contributed by atoms with E-state index in [2.05, 4.69) is 91.5 Å². The zero-order valence-electron chi connectivity index (χ0n) is 24.7. The van der Waals surface area contributed by atoms with E-state index in [9.17, 15) is 0 Å². The molecule has 0 saturated heterocycles. The first-order valence-corrected chi connectivity index (χ1v) is 38.8. The molecule has 3 rings (SSSR count). The van der Waals surface area contributed by atoms with Gasteiger partial charge < -0.3 is 0 Å². The van der Waals surface area contributed by atoms with Gasteiger partial charge in [-0.25, -0.2) is 0 Å². The van der Waals surface area contributed by atoms with E-state index in [0.29, 0.717) is 0 Å². The van der Waals surface area contributed by atoms with Gasteiger partial charge in [-0.05, 0) is 0 Å².